The van der Waals surface area contributed by atoms with Crippen molar-refractivity contribution in [2.75, 3.05) is 6.26 Å². The highest BCUT2D eigenvalue weighted by Crippen LogP contribution is 2.46. The quantitative estimate of drug-likeness (QED) is 0.618. The molecule has 1 saturated carbocycles. The number of hydrogen-bond donors (Lipinski definition) is 0. The van der Waals surface area contributed by atoms with Gasteiger partial charge in [0, 0.05) is 5.92 Å². The lowest BCUT2D eigenvalue weighted by Gasteiger charge is -2.10. The van der Waals surface area contributed by atoms with Crippen LogP contribution in [0.25, 0.3) is 0 Å². The Morgan fingerprint density at radius 2 is 2.04 bits per heavy atom. The van der Waals surface area contributed by atoms with E-state index in [0.717, 1.165) is 43.5 Å². The molecule has 1 aliphatic carbocycles. The average molecular weight is 439 g/mol. The van der Waals surface area contributed by atoms with Crippen LogP contribution in [0.1, 0.15) is 41.1 Å². The van der Waals surface area contributed by atoms with Gasteiger partial charge < -0.3 is 4.74 Å². The lowest BCUT2D eigenvalue weighted by molar-refractivity contribution is 0.471. The summed E-state index contributed by atoms with van der Waals surface area (Å²) in [7, 11) is 0. The van der Waals surface area contributed by atoms with Gasteiger partial charge in [-0.1, -0.05) is 0 Å². The van der Waals surface area contributed by atoms with Gasteiger partial charge in [0.2, 0.25) is 0 Å². The standard InChI is InChI=1S/C17H18IN3OS/c1-10-6-13(7-11(2)14(10)8-19)22-16-15(12-4-5-12)20-21(9-23-3)17(16)18/h6-7,12H,4-5,9H2,1-3H3. The SMILES string of the molecule is CSCn1nc(C2CC2)c(Oc2cc(C)c(C#N)c(C)c2)c1I. The molecule has 1 aliphatic rings. The number of aromatic nitrogens is 2. The summed E-state index contributed by atoms with van der Waals surface area (Å²) in [6, 6.07) is 6.12. The van der Waals surface area contributed by atoms with Gasteiger partial charge in [-0.15, -0.1) is 11.8 Å². The first-order valence-corrected chi connectivity index (χ1v) is 9.96. The molecular formula is C17H18IN3OS. The molecule has 0 saturated heterocycles. The minimum atomic E-state index is 0.530. The fraction of sp³-hybridized carbons (Fsp3) is 0.412. The Morgan fingerprint density at radius 1 is 1.39 bits per heavy atom. The van der Waals surface area contributed by atoms with E-state index in [1.165, 1.54) is 12.8 Å². The van der Waals surface area contributed by atoms with E-state index in [1.54, 1.807) is 11.8 Å². The molecule has 0 amide bonds. The van der Waals surface area contributed by atoms with Crippen LogP contribution in [0, 0.1) is 28.9 Å². The molecule has 0 radical (unpaired) electrons. The number of benzene rings is 1. The van der Waals surface area contributed by atoms with Crippen molar-refractivity contribution in [1.82, 2.24) is 9.78 Å². The Hall–Kier alpha value is -1.20. The van der Waals surface area contributed by atoms with Gasteiger partial charge in [-0.2, -0.15) is 10.4 Å². The first kappa shape index (κ1) is 16.7. The lowest BCUT2D eigenvalue weighted by Crippen LogP contribution is -1.99. The van der Waals surface area contributed by atoms with Crippen LogP contribution in [0.2, 0.25) is 0 Å². The van der Waals surface area contributed by atoms with Gasteiger partial charge >= 0.3 is 0 Å². The Morgan fingerprint density at radius 3 is 2.57 bits per heavy atom. The number of rotatable bonds is 5. The third-order valence-electron chi connectivity index (χ3n) is 3.93. The van der Waals surface area contributed by atoms with Gasteiger partial charge in [0.25, 0.3) is 0 Å². The van der Waals surface area contributed by atoms with E-state index in [0.29, 0.717) is 5.92 Å². The summed E-state index contributed by atoms with van der Waals surface area (Å²) < 4.78 is 9.27. The second kappa shape index (κ2) is 6.73. The van der Waals surface area contributed by atoms with Crippen molar-refractivity contribution in [3.8, 4) is 17.6 Å². The van der Waals surface area contributed by atoms with Crippen molar-refractivity contribution in [3.05, 3.63) is 38.2 Å². The Balaban J connectivity index is 1.98. The molecule has 0 atom stereocenters. The molecule has 23 heavy (non-hydrogen) atoms. The highest BCUT2D eigenvalue weighted by atomic mass is 127. The number of halogens is 1. The summed E-state index contributed by atoms with van der Waals surface area (Å²) >= 11 is 4.06. The van der Waals surface area contributed by atoms with E-state index in [-0.39, 0.29) is 0 Å². The molecule has 0 spiro atoms. The summed E-state index contributed by atoms with van der Waals surface area (Å²) in [4.78, 5) is 0. The third-order valence-corrected chi connectivity index (χ3v) is 5.48. The molecule has 4 nitrogen and oxygen atoms in total. The monoisotopic (exact) mass is 439 g/mol. The van der Waals surface area contributed by atoms with Gasteiger partial charge in [0.05, 0.1) is 17.5 Å². The predicted octanol–water partition coefficient (Wildman–Crippen LogP) is 4.97. The molecule has 6 heteroatoms. The zero-order valence-corrected chi connectivity index (χ0v) is 16.4. The van der Waals surface area contributed by atoms with Crippen LogP contribution in [0.4, 0.5) is 0 Å². The summed E-state index contributed by atoms with van der Waals surface area (Å²) in [6.07, 6.45) is 4.45. The Kier molecular flexibility index (Phi) is 4.87. The van der Waals surface area contributed by atoms with E-state index in [1.807, 2.05) is 30.7 Å². The molecule has 1 fully saturated rings. The minimum Gasteiger partial charge on any atom is -0.453 e. The number of thioether (sulfide) groups is 1. The molecule has 0 aliphatic heterocycles. The van der Waals surface area contributed by atoms with Crippen LogP contribution < -0.4 is 4.74 Å². The molecule has 0 unspecified atom stereocenters. The molecule has 1 heterocycles. The number of nitriles is 1. The largest absolute Gasteiger partial charge is 0.453 e. The van der Waals surface area contributed by atoms with E-state index < -0.39 is 0 Å². The number of ether oxygens (including phenoxy) is 1. The maximum Gasteiger partial charge on any atom is 0.182 e. The molecule has 120 valence electrons. The Labute approximate surface area is 154 Å². The van der Waals surface area contributed by atoms with Crippen LogP contribution in [0.5, 0.6) is 11.5 Å². The van der Waals surface area contributed by atoms with Gasteiger partial charge in [0.1, 0.15) is 15.1 Å². The van der Waals surface area contributed by atoms with Gasteiger partial charge in [0.15, 0.2) is 5.75 Å². The van der Waals surface area contributed by atoms with Gasteiger partial charge in [-0.25, -0.2) is 4.68 Å². The average Bonchev–Trinajstić information content (AvgIpc) is 3.29. The highest BCUT2D eigenvalue weighted by molar-refractivity contribution is 14.1. The van der Waals surface area contributed by atoms with Crippen molar-refractivity contribution in [1.29, 1.82) is 5.26 Å². The molecule has 1 aromatic carbocycles. The maximum atomic E-state index is 9.20. The van der Waals surface area contributed by atoms with Crippen LogP contribution in [0.3, 0.4) is 0 Å². The zero-order chi connectivity index (χ0) is 16.6. The van der Waals surface area contributed by atoms with Crippen LogP contribution >= 0.6 is 34.4 Å². The fourth-order valence-corrected chi connectivity index (χ4v) is 3.97. The van der Waals surface area contributed by atoms with Crippen molar-refractivity contribution in [2.24, 2.45) is 0 Å². The first-order valence-electron chi connectivity index (χ1n) is 7.49. The number of hydrogen-bond acceptors (Lipinski definition) is 4. The number of nitrogens with zero attached hydrogens (tertiary/aromatic N) is 3. The minimum absolute atomic E-state index is 0.530. The second-order valence-corrected chi connectivity index (χ2v) is 7.70. The molecule has 1 aromatic heterocycles. The van der Waals surface area contributed by atoms with Crippen molar-refractivity contribution < 1.29 is 4.74 Å². The summed E-state index contributed by atoms with van der Waals surface area (Å²) in [5, 5.41) is 14.0. The van der Waals surface area contributed by atoms with Crippen molar-refractivity contribution in [3.63, 3.8) is 0 Å². The molecule has 3 rings (SSSR count). The van der Waals surface area contributed by atoms with E-state index >= 15 is 0 Å². The molecular weight excluding hydrogens is 421 g/mol. The smallest absolute Gasteiger partial charge is 0.182 e. The van der Waals surface area contributed by atoms with E-state index in [9.17, 15) is 5.26 Å². The summed E-state index contributed by atoms with van der Waals surface area (Å²) in [5.41, 5.74) is 3.69. The van der Waals surface area contributed by atoms with Crippen molar-refractivity contribution in [2.45, 2.75) is 38.5 Å². The van der Waals surface area contributed by atoms with Gasteiger partial charge in [-0.3, -0.25) is 0 Å². The predicted molar refractivity (Wildman–Crippen MR) is 101 cm³/mol. The van der Waals surface area contributed by atoms with Gasteiger partial charge in [-0.05, 0) is 78.8 Å². The van der Waals surface area contributed by atoms with Crippen LogP contribution in [-0.2, 0) is 5.88 Å². The summed E-state index contributed by atoms with van der Waals surface area (Å²) in [6.45, 7) is 3.89. The topological polar surface area (TPSA) is 50.8 Å². The highest BCUT2D eigenvalue weighted by Gasteiger charge is 2.32. The third kappa shape index (κ3) is 3.36. The van der Waals surface area contributed by atoms with Crippen molar-refractivity contribution >= 4 is 34.4 Å². The summed E-state index contributed by atoms with van der Waals surface area (Å²) in [5.74, 6) is 3.02. The lowest BCUT2D eigenvalue weighted by atomic mass is 10.0. The fourth-order valence-electron chi connectivity index (χ4n) is 2.65. The maximum absolute atomic E-state index is 9.20. The molecule has 2 aromatic rings. The normalized spacial score (nSPS) is 13.9. The zero-order valence-electron chi connectivity index (χ0n) is 13.4. The second-order valence-electron chi connectivity index (χ2n) is 5.84. The van der Waals surface area contributed by atoms with E-state index in [4.69, 9.17) is 9.84 Å². The van der Waals surface area contributed by atoms with Crippen LogP contribution in [0.15, 0.2) is 12.1 Å². The molecule has 0 N–H and O–H groups in total. The molecule has 0 bridgehead atoms. The van der Waals surface area contributed by atoms with E-state index in [2.05, 4.69) is 34.9 Å². The number of aryl methyl sites for hydroxylation is 2. The Bertz CT molecular complexity index is 767. The first-order chi connectivity index (χ1) is 11.0. The van der Waals surface area contributed by atoms with Crippen LogP contribution in [-0.4, -0.2) is 16.0 Å².